The Morgan fingerprint density at radius 1 is 1.47 bits per heavy atom. The molecule has 0 atom stereocenters. The van der Waals surface area contributed by atoms with Crippen LogP contribution in [0.2, 0.25) is 0 Å². The second kappa shape index (κ2) is 4.04. The molecule has 0 spiro atoms. The highest BCUT2D eigenvalue weighted by Crippen LogP contribution is 2.20. The molecule has 78 valence electrons. The molecule has 0 bridgehead atoms. The molecule has 1 heterocycles. The molecule has 0 fully saturated rings. The van der Waals surface area contributed by atoms with Gasteiger partial charge in [-0.1, -0.05) is 0 Å². The fourth-order valence-corrected chi connectivity index (χ4v) is 1.61. The largest absolute Gasteiger partial charge is 0.508 e. The van der Waals surface area contributed by atoms with Crippen LogP contribution in [0.1, 0.15) is 5.56 Å². The lowest BCUT2D eigenvalue weighted by atomic mass is 10.2. The van der Waals surface area contributed by atoms with Crippen molar-refractivity contribution in [3.8, 4) is 11.4 Å². The summed E-state index contributed by atoms with van der Waals surface area (Å²) < 4.78 is 2.62. The lowest BCUT2D eigenvalue weighted by Gasteiger charge is -2.05. The summed E-state index contributed by atoms with van der Waals surface area (Å²) in [5.74, 6) is 0.215. The zero-order chi connectivity index (χ0) is 10.8. The van der Waals surface area contributed by atoms with E-state index in [0.29, 0.717) is 12.1 Å². The van der Waals surface area contributed by atoms with Crippen molar-refractivity contribution in [1.82, 2.24) is 9.78 Å². The van der Waals surface area contributed by atoms with E-state index >= 15 is 0 Å². The third-order valence-electron chi connectivity index (χ3n) is 2.10. The van der Waals surface area contributed by atoms with Gasteiger partial charge in [0, 0.05) is 18.3 Å². The van der Waals surface area contributed by atoms with Gasteiger partial charge in [0.2, 0.25) is 0 Å². The van der Waals surface area contributed by atoms with E-state index in [0.717, 1.165) is 10.2 Å². The first-order valence-electron chi connectivity index (χ1n) is 4.43. The third-order valence-corrected chi connectivity index (χ3v) is 2.51. The molecule has 0 amide bonds. The number of aromatic hydroxyl groups is 1. The van der Waals surface area contributed by atoms with Crippen LogP contribution in [0.15, 0.2) is 35.1 Å². The summed E-state index contributed by atoms with van der Waals surface area (Å²) >= 11 is 3.32. The molecule has 0 unspecified atom stereocenters. The van der Waals surface area contributed by atoms with Gasteiger partial charge in [-0.3, -0.25) is 0 Å². The van der Waals surface area contributed by atoms with Gasteiger partial charge in [-0.15, -0.1) is 0 Å². The number of hydrogen-bond donors (Lipinski definition) is 2. The van der Waals surface area contributed by atoms with Crippen LogP contribution in [0, 0.1) is 0 Å². The van der Waals surface area contributed by atoms with Crippen molar-refractivity contribution in [2.45, 2.75) is 6.54 Å². The molecule has 0 aliphatic heterocycles. The van der Waals surface area contributed by atoms with E-state index < -0.39 is 0 Å². The number of phenols is 1. The van der Waals surface area contributed by atoms with Crippen LogP contribution in [-0.4, -0.2) is 14.9 Å². The van der Waals surface area contributed by atoms with Crippen molar-refractivity contribution in [2.24, 2.45) is 5.73 Å². The minimum atomic E-state index is 0.215. The lowest BCUT2D eigenvalue weighted by molar-refractivity contribution is 0.468. The quantitative estimate of drug-likeness (QED) is 0.872. The highest BCUT2D eigenvalue weighted by molar-refractivity contribution is 9.10. The SMILES string of the molecule is NCc1cc(-n2cc(Br)cn2)ccc1O. The fraction of sp³-hybridized carbons (Fsp3) is 0.100. The topological polar surface area (TPSA) is 64.1 Å². The lowest BCUT2D eigenvalue weighted by Crippen LogP contribution is -2.00. The maximum Gasteiger partial charge on any atom is 0.120 e. The molecule has 0 radical (unpaired) electrons. The standard InChI is InChI=1S/C10H10BrN3O/c11-8-5-13-14(6-8)9-1-2-10(15)7(3-9)4-12/h1-3,5-6,15H,4,12H2. The second-order valence-corrected chi connectivity index (χ2v) is 4.04. The monoisotopic (exact) mass is 267 g/mol. The smallest absolute Gasteiger partial charge is 0.120 e. The van der Waals surface area contributed by atoms with Gasteiger partial charge in [-0.05, 0) is 34.1 Å². The minimum absolute atomic E-state index is 0.215. The predicted octanol–water partition coefficient (Wildman–Crippen LogP) is 1.80. The van der Waals surface area contributed by atoms with Crippen LogP contribution in [0.3, 0.4) is 0 Å². The Kier molecular flexibility index (Phi) is 2.75. The number of rotatable bonds is 2. The van der Waals surface area contributed by atoms with Crippen LogP contribution in [0.5, 0.6) is 5.75 Å². The summed E-state index contributed by atoms with van der Waals surface area (Å²) in [4.78, 5) is 0. The number of aromatic nitrogens is 2. The number of nitrogens with two attached hydrogens (primary N) is 1. The van der Waals surface area contributed by atoms with Crippen LogP contribution in [0.25, 0.3) is 5.69 Å². The van der Waals surface area contributed by atoms with Gasteiger partial charge in [0.1, 0.15) is 5.75 Å². The molecule has 2 rings (SSSR count). The Balaban J connectivity index is 2.45. The molecular formula is C10H10BrN3O. The molecule has 3 N–H and O–H groups in total. The van der Waals surface area contributed by atoms with Crippen LogP contribution < -0.4 is 5.73 Å². The first-order chi connectivity index (χ1) is 7.20. The average Bonchev–Trinajstić information content (AvgIpc) is 2.66. The fourth-order valence-electron chi connectivity index (χ4n) is 1.32. The molecule has 0 saturated carbocycles. The van der Waals surface area contributed by atoms with Crippen molar-refractivity contribution >= 4 is 15.9 Å². The summed E-state index contributed by atoms with van der Waals surface area (Å²) in [6.45, 7) is 0.308. The molecule has 0 aliphatic carbocycles. The molecule has 0 aliphatic rings. The van der Waals surface area contributed by atoms with Crippen LogP contribution in [-0.2, 0) is 6.54 Å². The van der Waals surface area contributed by atoms with Crippen molar-refractivity contribution in [3.63, 3.8) is 0 Å². The van der Waals surface area contributed by atoms with Crippen molar-refractivity contribution in [2.75, 3.05) is 0 Å². The number of nitrogens with zero attached hydrogens (tertiary/aromatic N) is 2. The minimum Gasteiger partial charge on any atom is -0.508 e. The summed E-state index contributed by atoms with van der Waals surface area (Å²) in [6, 6.07) is 5.22. The Hall–Kier alpha value is -1.33. The molecule has 15 heavy (non-hydrogen) atoms. The number of phenolic OH excluding ortho intramolecular Hbond substituents is 1. The number of halogens is 1. The van der Waals surface area contributed by atoms with Gasteiger partial charge in [-0.2, -0.15) is 5.10 Å². The Morgan fingerprint density at radius 2 is 2.27 bits per heavy atom. The molecule has 0 saturated heterocycles. The van der Waals surface area contributed by atoms with E-state index in [1.54, 1.807) is 23.0 Å². The van der Waals surface area contributed by atoms with E-state index in [-0.39, 0.29) is 5.75 Å². The Bertz CT molecular complexity index is 481. The summed E-state index contributed by atoms with van der Waals surface area (Å²) in [5.41, 5.74) is 7.09. The maximum atomic E-state index is 9.47. The molecule has 4 nitrogen and oxygen atoms in total. The molecule has 1 aromatic carbocycles. The molecule has 1 aromatic heterocycles. The van der Waals surface area contributed by atoms with Crippen molar-refractivity contribution in [1.29, 1.82) is 0 Å². The van der Waals surface area contributed by atoms with E-state index in [9.17, 15) is 5.11 Å². The normalized spacial score (nSPS) is 10.5. The number of hydrogen-bond acceptors (Lipinski definition) is 3. The average molecular weight is 268 g/mol. The van der Waals surface area contributed by atoms with Crippen molar-refractivity contribution < 1.29 is 5.11 Å². The summed E-state index contributed by atoms with van der Waals surface area (Å²) in [6.07, 6.45) is 3.54. The molecule has 2 aromatic rings. The predicted molar refractivity (Wildman–Crippen MR) is 60.8 cm³/mol. The molecule has 5 heteroatoms. The zero-order valence-corrected chi connectivity index (χ0v) is 9.48. The first kappa shape index (κ1) is 10.2. The van der Waals surface area contributed by atoms with Gasteiger partial charge in [0.05, 0.1) is 16.4 Å². The van der Waals surface area contributed by atoms with E-state index in [1.807, 2.05) is 12.3 Å². The summed E-state index contributed by atoms with van der Waals surface area (Å²) in [5, 5.41) is 13.6. The summed E-state index contributed by atoms with van der Waals surface area (Å²) in [7, 11) is 0. The zero-order valence-electron chi connectivity index (χ0n) is 7.89. The van der Waals surface area contributed by atoms with Gasteiger partial charge in [-0.25, -0.2) is 4.68 Å². The first-order valence-corrected chi connectivity index (χ1v) is 5.22. The number of benzene rings is 1. The van der Waals surface area contributed by atoms with E-state index in [2.05, 4.69) is 21.0 Å². The van der Waals surface area contributed by atoms with Crippen LogP contribution >= 0.6 is 15.9 Å². The third kappa shape index (κ3) is 2.03. The Labute approximate surface area is 95.5 Å². The van der Waals surface area contributed by atoms with Crippen molar-refractivity contribution in [3.05, 3.63) is 40.6 Å². The Morgan fingerprint density at radius 3 is 2.87 bits per heavy atom. The van der Waals surface area contributed by atoms with Gasteiger partial charge < -0.3 is 10.8 Å². The van der Waals surface area contributed by atoms with Gasteiger partial charge in [0.15, 0.2) is 0 Å². The maximum absolute atomic E-state index is 9.47. The van der Waals surface area contributed by atoms with Crippen LogP contribution in [0.4, 0.5) is 0 Å². The highest BCUT2D eigenvalue weighted by atomic mass is 79.9. The molecular weight excluding hydrogens is 258 g/mol. The van der Waals surface area contributed by atoms with E-state index in [4.69, 9.17) is 5.73 Å². The van der Waals surface area contributed by atoms with E-state index in [1.165, 1.54) is 0 Å². The van der Waals surface area contributed by atoms with Gasteiger partial charge >= 0.3 is 0 Å². The van der Waals surface area contributed by atoms with Gasteiger partial charge in [0.25, 0.3) is 0 Å². The second-order valence-electron chi connectivity index (χ2n) is 3.12. The highest BCUT2D eigenvalue weighted by Gasteiger charge is 2.03.